The van der Waals surface area contributed by atoms with Gasteiger partial charge in [-0.3, -0.25) is 9.52 Å². The van der Waals surface area contributed by atoms with Crippen molar-refractivity contribution < 1.29 is 13.2 Å². The molecule has 2 rings (SSSR count). The van der Waals surface area contributed by atoms with E-state index in [2.05, 4.69) is 10.0 Å². The topological polar surface area (TPSA) is 75.3 Å². The zero-order chi connectivity index (χ0) is 16.9. The Kier molecular flexibility index (Phi) is 6.04. The number of nitrogens with one attached hydrogen (secondary N) is 2. The summed E-state index contributed by atoms with van der Waals surface area (Å²) in [6.45, 7) is 1.92. The van der Waals surface area contributed by atoms with Crippen molar-refractivity contribution in [1.29, 1.82) is 0 Å². The van der Waals surface area contributed by atoms with Gasteiger partial charge in [0.2, 0.25) is 15.9 Å². The summed E-state index contributed by atoms with van der Waals surface area (Å²) in [7, 11) is -3.30. The Morgan fingerprint density at radius 2 is 1.96 bits per heavy atom. The van der Waals surface area contributed by atoms with Gasteiger partial charge >= 0.3 is 0 Å². The highest BCUT2D eigenvalue weighted by Crippen LogP contribution is 2.26. The van der Waals surface area contributed by atoms with Gasteiger partial charge in [-0.1, -0.05) is 31.4 Å². The van der Waals surface area contributed by atoms with Crippen LogP contribution in [0.1, 0.15) is 57.1 Å². The van der Waals surface area contributed by atoms with Crippen molar-refractivity contribution in [2.75, 3.05) is 11.0 Å². The first-order chi connectivity index (χ1) is 10.8. The Bertz CT molecular complexity index is 637. The molecule has 1 aliphatic carbocycles. The molecule has 0 aliphatic heterocycles. The fraction of sp³-hybridized carbons (Fsp3) is 0.588. The number of rotatable bonds is 6. The number of sulfonamides is 1. The summed E-state index contributed by atoms with van der Waals surface area (Å²) in [6.07, 6.45) is 7.75. The van der Waals surface area contributed by atoms with Gasteiger partial charge in [0.15, 0.2) is 0 Å². The molecule has 1 amide bonds. The summed E-state index contributed by atoms with van der Waals surface area (Å²) in [5, 5.41) is 3.02. The van der Waals surface area contributed by atoms with Crippen LogP contribution in [0.3, 0.4) is 0 Å². The molecule has 1 aromatic rings. The van der Waals surface area contributed by atoms with Crippen molar-refractivity contribution in [1.82, 2.24) is 5.32 Å². The van der Waals surface area contributed by atoms with Crippen molar-refractivity contribution in [3.05, 3.63) is 29.8 Å². The molecule has 6 heteroatoms. The van der Waals surface area contributed by atoms with Gasteiger partial charge < -0.3 is 5.32 Å². The van der Waals surface area contributed by atoms with Gasteiger partial charge in [-0.05, 0) is 43.4 Å². The Morgan fingerprint density at radius 3 is 2.61 bits per heavy atom. The second-order valence-electron chi connectivity index (χ2n) is 6.50. The number of amides is 1. The molecule has 128 valence electrons. The third kappa shape index (κ3) is 6.22. The van der Waals surface area contributed by atoms with Crippen LogP contribution in [-0.4, -0.2) is 20.6 Å². The fourth-order valence-corrected chi connectivity index (χ4v) is 3.68. The van der Waals surface area contributed by atoms with Crippen LogP contribution < -0.4 is 10.0 Å². The summed E-state index contributed by atoms with van der Waals surface area (Å²) in [4.78, 5) is 12.2. The quantitative estimate of drug-likeness (QED) is 0.836. The van der Waals surface area contributed by atoms with Crippen LogP contribution in [0.2, 0.25) is 0 Å². The Morgan fingerprint density at radius 1 is 1.26 bits per heavy atom. The van der Waals surface area contributed by atoms with Crippen LogP contribution in [0, 0.1) is 5.92 Å². The Balaban J connectivity index is 1.93. The van der Waals surface area contributed by atoms with Crippen molar-refractivity contribution in [2.24, 2.45) is 5.92 Å². The molecule has 1 aromatic carbocycles. The minimum atomic E-state index is -3.30. The maximum atomic E-state index is 12.2. The molecule has 0 saturated heterocycles. The van der Waals surface area contributed by atoms with Crippen LogP contribution >= 0.6 is 0 Å². The van der Waals surface area contributed by atoms with Gasteiger partial charge in [0, 0.05) is 12.1 Å². The fourth-order valence-electron chi connectivity index (χ4n) is 3.12. The summed E-state index contributed by atoms with van der Waals surface area (Å²) in [5.74, 6) is 0.583. The zero-order valence-corrected chi connectivity index (χ0v) is 14.7. The summed E-state index contributed by atoms with van der Waals surface area (Å²) in [5.41, 5.74) is 1.40. The normalized spacial score (nSPS) is 17.5. The van der Waals surface area contributed by atoms with Gasteiger partial charge in [0.25, 0.3) is 0 Å². The Hall–Kier alpha value is -1.56. The smallest absolute Gasteiger partial charge is 0.229 e. The lowest BCUT2D eigenvalue weighted by molar-refractivity contribution is -0.122. The molecule has 0 heterocycles. The van der Waals surface area contributed by atoms with E-state index in [-0.39, 0.29) is 11.9 Å². The minimum Gasteiger partial charge on any atom is -0.350 e. The highest BCUT2D eigenvalue weighted by molar-refractivity contribution is 7.92. The lowest BCUT2D eigenvalue weighted by atomic mass is 9.87. The molecule has 0 radical (unpaired) electrons. The number of hydrogen-bond donors (Lipinski definition) is 2. The average molecular weight is 338 g/mol. The standard InChI is InChI=1S/C17H26N2O3S/c1-13(18-17(20)11-14-7-4-3-5-8-14)15-9-6-10-16(12-15)19-23(2,21)22/h6,9-10,12-14,19H,3-5,7-8,11H2,1-2H3,(H,18,20). The van der Waals surface area contributed by atoms with E-state index >= 15 is 0 Å². The van der Waals surface area contributed by atoms with Gasteiger partial charge in [0.05, 0.1) is 12.3 Å². The highest BCUT2D eigenvalue weighted by atomic mass is 32.2. The number of carbonyl (C=O) groups is 1. The molecular weight excluding hydrogens is 312 g/mol. The molecule has 5 nitrogen and oxygen atoms in total. The van der Waals surface area contributed by atoms with E-state index in [4.69, 9.17) is 0 Å². The van der Waals surface area contributed by atoms with E-state index in [1.165, 1.54) is 19.3 Å². The maximum Gasteiger partial charge on any atom is 0.229 e. The monoisotopic (exact) mass is 338 g/mol. The maximum absolute atomic E-state index is 12.2. The molecule has 0 spiro atoms. The van der Waals surface area contributed by atoms with E-state index in [9.17, 15) is 13.2 Å². The molecule has 0 bridgehead atoms. The third-order valence-electron chi connectivity index (χ3n) is 4.27. The van der Waals surface area contributed by atoms with E-state index < -0.39 is 10.0 Å². The van der Waals surface area contributed by atoms with Crippen LogP contribution in [-0.2, 0) is 14.8 Å². The van der Waals surface area contributed by atoms with Gasteiger partial charge in [-0.15, -0.1) is 0 Å². The second-order valence-corrected chi connectivity index (χ2v) is 8.25. The summed E-state index contributed by atoms with van der Waals surface area (Å²) < 4.78 is 25.1. The van der Waals surface area contributed by atoms with Crippen LogP contribution in [0.25, 0.3) is 0 Å². The first-order valence-electron chi connectivity index (χ1n) is 8.20. The Labute approximate surface area is 138 Å². The number of hydrogen-bond acceptors (Lipinski definition) is 3. The second kappa shape index (κ2) is 7.81. The van der Waals surface area contributed by atoms with Gasteiger partial charge in [-0.25, -0.2) is 8.42 Å². The SMILES string of the molecule is CC(NC(=O)CC1CCCCC1)c1cccc(NS(C)(=O)=O)c1. The lowest BCUT2D eigenvalue weighted by Crippen LogP contribution is -2.29. The van der Waals surface area contributed by atoms with Crippen molar-refractivity contribution in [3.63, 3.8) is 0 Å². The predicted molar refractivity (Wildman–Crippen MR) is 92.7 cm³/mol. The highest BCUT2D eigenvalue weighted by Gasteiger charge is 2.18. The molecule has 23 heavy (non-hydrogen) atoms. The summed E-state index contributed by atoms with van der Waals surface area (Å²) >= 11 is 0. The molecule has 1 saturated carbocycles. The van der Waals surface area contributed by atoms with E-state index in [0.29, 0.717) is 18.0 Å². The molecule has 1 fully saturated rings. The van der Waals surface area contributed by atoms with E-state index in [0.717, 1.165) is 24.7 Å². The molecule has 2 N–H and O–H groups in total. The summed E-state index contributed by atoms with van der Waals surface area (Å²) in [6, 6.07) is 6.98. The van der Waals surface area contributed by atoms with Crippen LogP contribution in [0.4, 0.5) is 5.69 Å². The number of anilines is 1. The van der Waals surface area contributed by atoms with Gasteiger partial charge in [-0.2, -0.15) is 0 Å². The first-order valence-corrected chi connectivity index (χ1v) is 10.1. The van der Waals surface area contributed by atoms with Gasteiger partial charge in [0.1, 0.15) is 0 Å². The van der Waals surface area contributed by atoms with E-state index in [1.54, 1.807) is 18.2 Å². The van der Waals surface area contributed by atoms with Crippen molar-refractivity contribution in [2.45, 2.75) is 51.5 Å². The molecule has 1 aliphatic rings. The van der Waals surface area contributed by atoms with Crippen molar-refractivity contribution in [3.8, 4) is 0 Å². The number of benzene rings is 1. The largest absolute Gasteiger partial charge is 0.350 e. The molecule has 1 unspecified atom stereocenters. The van der Waals surface area contributed by atoms with Crippen LogP contribution in [0.15, 0.2) is 24.3 Å². The first kappa shape index (κ1) is 17.8. The average Bonchev–Trinajstić information content (AvgIpc) is 2.46. The lowest BCUT2D eigenvalue weighted by Gasteiger charge is -2.22. The molecule has 1 atom stereocenters. The van der Waals surface area contributed by atoms with E-state index in [1.807, 2.05) is 13.0 Å². The molecular formula is C17H26N2O3S. The predicted octanol–water partition coefficient (Wildman–Crippen LogP) is 3.21. The third-order valence-corrected chi connectivity index (χ3v) is 4.87. The van der Waals surface area contributed by atoms with Crippen LogP contribution in [0.5, 0.6) is 0 Å². The molecule has 0 aromatic heterocycles. The minimum absolute atomic E-state index is 0.0749. The number of carbonyl (C=O) groups excluding carboxylic acids is 1. The van der Waals surface area contributed by atoms with Crippen molar-refractivity contribution >= 4 is 21.6 Å². The zero-order valence-electron chi connectivity index (χ0n) is 13.8.